The predicted octanol–water partition coefficient (Wildman–Crippen LogP) is -0.325. The lowest BCUT2D eigenvalue weighted by Crippen LogP contribution is -2.35. The van der Waals surface area contributed by atoms with E-state index in [1.807, 2.05) is 5.29 Å². The lowest BCUT2D eigenvalue weighted by atomic mass is 10.5. The van der Waals surface area contributed by atoms with Crippen molar-refractivity contribution >= 4 is 16.2 Å². The maximum atomic E-state index is 10.8. The summed E-state index contributed by atoms with van der Waals surface area (Å²) < 4.78 is 25.5. The van der Waals surface area contributed by atoms with Gasteiger partial charge in [-0.3, -0.25) is 4.79 Å². The van der Waals surface area contributed by atoms with Gasteiger partial charge in [0.25, 0.3) is 5.91 Å². The van der Waals surface area contributed by atoms with Crippen LogP contribution < -0.4 is 0 Å². The highest BCUT2D eigenvalue weighted by molar-refractivity contribution is 7.85. The summed E-state index contributed by atoms with van der Waals surface area (Å²) in [6.45, 7) is 1.28. The number of rotatable bonds is 1. The van der Waals surface area contributed by atoms with Gasteiger partial charge in [-0.25, -0.2) is 0 Å². The Morgan fingerprint density at radius 2 is 2.17 bits per heavy atom. The zero-order chi connectivity index (χ0) is 9.35. The monoisotopic (exact) mass is 192 g/mol. The number of carbonyl (C=O) groups excluding carboxylic acids is 1. The molecule has 0 aromatic rings. The first-order chi connectivity index (χ1) is 5.47. The van der Waals surface area contributed by atoms with Crippen LogP contribution >= 0.6 is 0 Å². The van der Waals surface area contributed by atoms with Crippen molar-refractivity contribution < 1.29 is 17.4 Å². The first-order valence-electron chi connectivity index (χ1n) is 2.77. The molecule has 1 rings (SSSR count). The Morgan fingerprint density at radius 3 is 2.58 bits per heavy atom. The average molecular weight is 192 g/mol. The standard InChI is InChI=1S/C4H4N2O5S/c1-3-2-4(7)6(5-8)12(9,10)11-3/h2H,1H3. The van der Waals surface area contributed by atoms with Gasteiger partial charge in [0.15, 0.2) is 0 Å². The van der Waals surface area contributed by atoms with Gasteiger partial charge in [-0.1, -0.05) is 0 Å². The Hall–Kier alpha value is -1.44. The van der Waals surface area contributed by atoms with Crippen molar-refractivity contribution in [3.63, 3.8) is 0 Å². The summed E-state index contributed by atoms with van der Waals surface area (Å²) in [7, 11) is -4.34. The zero-order valence-corrected chi connectivity index (χ0v) is 6.74. The molecule has 0 aromatic carbocycles. The van der Waals surface area contributed by atoms with Crippen LogP contribution in [0.2, 0.25) is 0 Å². The Bertz CT molecular complexity index is 356. The smallest absolute Gasteiger partial charge is 0.370 e. The largest absolute Gasteiger partial charge is 0.434 e. The van der Waals surface area contributed by atoms with Crippen LogP contribution in [-0.2, 0) is 19.3 Å². The van der Waals surface area contributed by atoms with Gasteiger partial charge in [0, 0.05) is 6.08 Å². The summed E-state index contributed by atoms with van der Waals surface area (Å²) in [4.78, 5) is 20.6. The summed E-state index contributed by atoms with van der Waals surface area (Å²) in [6.07, 6.45) is 0.850. The number of nitrogens with zero attached hydrogens (tertiary/aromatic N) is 2. The molecule has 1 heterocycles. The number of amides is 1. The van der Waals surface area contributed by atoms with Crippen LogP contribution in [-0.4, -0.2) is 18.7 Å². The molecular weight excluding hydrogens is 188 g/mol. The molecule has 0 unspecified atom stereocenters. The van der Waals surface area contributed by atoms with E-state index in [9.17, 15) is 18.1 Å². The molecule has 0 fully saturated rings. The van der Waals surface area contributed by atoms with Gasteiger partial charge in [0.1, 0.15) is 5.76 Å². The molecule has 0 aromatic heterocycles. The Balaban J connectivity index is 3.20. The summed E-state index contributed by atoms with van der Waals surface area (Å²) in [6, 6.07) is 0. The van der Waals surface area contributed by atoms with Crippen LogP contribution in [0.4, 0.5) is 0 Å². The van der Waals surface area contributed by atoms with E-state index in [0.717, 1.165) is 6.08 Å². The van der Waals surface area contributed by atoms with E-state index in [2.05, 4.69) is 4.18 Å². The van der Waals surface area contributed by atoms with E-state index in [4.69, 9.17) is 0 Å². The van der Waals surface area contributed by atoms with Crippen molar-refractivity contribution in [3.8, 4) is 0 Å². The van der Waals surface area contributed by atoms with Crippen LogP contribution in [0.25, 0.3) is 0 Å². The molecular formula is C4H4N2O5S. The molecule has 66 valence electrons. The Morgan fingerprint density at radius 1 is 1.58 bits per heavy atom. The van der Waals surface area contributed by atoms with Crippen LogP contribution in [0.1, 0.15) is 6.92 Å². The molecule has 0 atom stereocenters. The molecule has 1 amide bonds. The van der Waals surface area contributed by atoms with E-state index in [0.29, 0.717) is 0 Å². The second-order valence-electron chi connectivity index (χ2n) is 1.96. The van der Waals surface area contributed by atoms with Gasteiger partial charge in [-0.2, -0.15) is 8.42 Å². The minimum Gasteiger partial charge on any atom is -0.370 e. The maximum Gasteiger partial charge on any atom is 0.434 e. The van der Waals surface area contributed by atoms with Gasteiger partial charge < -0.3 is 4.18 Å². The molecule has 0 aliphatic carbocycles. The number of carbonyl (C=O) groups is 1. The molecule has 0 bridgehead atoms. The second kappa shape index (κ2) is 2.55. The number of allylic oxidation sites excluding steroid dienone is 1. The van der Waals surface area contributed by atoms with Gasteiger partial charge in [0.2, 0.25) is 0 Å². The van der Waals surface area contributed by atoms with Crippen LogP contribution in [0.15, 0.2) is 17.1 Å². The highest BCUT2D eigenvalue weighted by Crippen LogP contribution is 2.16. The highest BCUT2D eigenvalue weighted by atomic mass is 32.2. The third-order valence-electron chi connectivity index (χ3n) is 1.04. The molecule has 0 saturated carbocycles. The lowest BCUT2D eigenvalue weighted by molar-refractivity contribution is -0.122. The number of hydrogen-bond donors (Lipinski definition) is 0. The van der Waals surface area contributed by atoms with Crippen molar-refractivity contribution in [2.24, 2.45) is 5.29 Å². The van der Waals surface area contributed by atoms with Crippen molar-refractivity contribution in [2.45, 2.75) is 6.92 Å². The average Bonchev–Trinajstić information content (AvgIpc) is 1.82. The van der Waals surface area contributed by atoms with Gasteiger partial charge in [-0.15, -0.1) is 4.91 Å². The van der Waals surface area contributed by atoms with Gasteiger partial charge in [-0.05, 0) is 11.3 Å². The summed E-state index contributed by atoms with van der Waals surface area (Å²) in [5, 5.41) is 1.99. The van der Waals surface area contributed by atoms with E-state index in [1.165, 1.54) is 6.92 Å². The quantitative estimate of drug-likeness (QED) is 0.530. The molecule has 0 saturated heterocycles. The molecule has 1 aliphatic rings. The molecule has 1 aliphatic heterocycles. The molecule has 0 radical (unpaired) electrons. The fourth-order valence-corrected chi connectivity index (χ4v) is 1.45. The molecule has 7 nitrogen and oxygen atoms in total. The highest BCUT2D eigenvalue weighted by Gasteiger charge is 2.34. The van der Waals surface area contributed by atoms with Crippen LogP contribution in [0, 0.1) is 4.91 Å². The molecule has 8 heteroatoms. The lowest BCUT2D eigenvalue weighted by Gasteiger charge is -2.16. The summed E-state index contributed by atoms with van der Waals surface area (Å²) in [5.41, 5.74) is 0. The SMILES string of the molecule is CC1=CC(=O)N(N=O)S(=O)(=O)O1. The van der Waals surface area contributed by atoms with Crippen molar-refractivity contribution in [1.29, 1.82) is 0 Å². The predicted molar refractivity (Wildman–Crippen MR) is 36.4 cm³/mol. The second-order valence-corrected chi connectivity index (χ2v) is 3.33. The topological polar surface area (TPSA) is 93.1 Å². The molecule has 12 heavy (non-hydrogen) atoms. The van der Waals surface area contributed by atoms with E-state index >= 15 is 0 Å². The zero-order valence-electron chi connectivity index (χ0n) is 5.92. The van der Waals surface area contributed by atoms with Crippen molar-refractivity contribution in [3.05, 3.63) is 16.7 Å². The maximum absolute atomic E-state index is 10.8. The third kappa shape index (κ3) is 1.28. The Kier molecular flexibility index (Phi) is 1.84. The fourth-order valence-electron chi connectivity index (χ4n) is 0.646. The fraction of sp³-hybridized carbons (Fsp3) is 0.250. The number of nitroso groups, excluding NO2 is 1. The van der Waals surface area contributed by atoms with Crippen LogP contribution in [0.5, 0.6) is 0 Å². The van der Waals surface area contributed by atoms with E-state index in [-0.39, 0.29) is 10.2 Å². The number of hydrogen-bond acceptors (Lipinski definition) is 6. The normalized spacial score (nSPS) is 21.2. The van der Waals surface area contributed by atoms with Crippen molar-refractivity contribution in [2.75, 3.05) is 0 Å². The Labute approximate surface area is 67.8 Å². The summed E-state index contributed by atoms with van der Waals surface area (Å²) in [5.74, 6) is -1.13. The molecule has 0 spiro atoms. The minimum atomic E-state index is -4.34. The molecule has 0 N–H and O–H groups in total. The summed E-state index contributed by atoms with van der Waals surface area (Å²) >= 11 is 0. The van der Waals surface area contributed by atoms with E-state index in [1.54, 1.807) is 0 Å². The first-order valence-corrected chi connectivity index (χ1v) is 4.14. The van der Waals surface area contributed by atoms with Crippen LogP contribution in [0.3, 0.4) is 0 Å². The van der Waals surface area contributed by atoms with Gasteiger partial charge in [0.05, 0.1) is 5.29 Å². The third-order valence-corrected chi connectivity index (χ3v) is 2.18. The van der Waals surface area contributed by atoms with Gasteiger partial charge >= 0.3 is 10.3 Å². The first kappa shape index (κ1) is 8.65. The minimum absolute atomic E-state index is 0.0973. The van der Waals surface area contributed by atoms with E-state index < -0.39 is 16.2 Å². The van der Waals surface area contributed by atoms with Crippen molar-refractivity contribution in [1.82, 2.24) is 4.41 Å².